The van der Waals surface area contributed by atoms with E-state index in [1.54, 1.807) is 0 Å². The van der Waals surface area contributed by atoms with E-state index in [0.29, 0.717) is 25.6 Å². The first kappa shape index (κ1) is 20.8. The van der Waals surface area contributed by atoms with Gasteiger partial charge in [-0.25, -0.2) is 8.42 Å². The van der Waals surface area contributed by atoms with E-state index in [2.05, 4.69) is 12.2 Å². The molecule has 1 N–H and O–H groups in total. The summed E-state index contributed by atoms with van der Waals surface area (Å²) >= 11 is 6.18. The molecule has 1 aliphatic rings. The lowest BCUT2D eigenvalue weighted by Gasteiger charge is -2.29. The number of hydrogen-bond acceptors (Lipinski definition) is 3. The summed E-state index contributed by atoms with van der Waals surface area (Å²) in [4.78, 5) is 12.7. The van der Waals surface area contributed by atoms with E-state index in [4.69, 9.17) is 11.6 Å². The second-order valence-corrected chi connectivity index (χ2v) is 9.74. The average molecular weight is 421 g/mol. The van der Waals surface area contributed by atoms with Gasteiger partial charge >= 0.3 is 0 Å². The van der Waals surface area contributed by atoms with Gasteiger partial charge < -0.3 is 5.32 Å². The number of amides is 1. The molecule has 1 fully saturated rings. The van der Waals surface area contributed by atoms with Crippen LogP contribution in [0.15, 0.2) is 47.4 Å². The van der Waals surface area contributed by atoms with Gasteiger partial charge in [0.05, 0.1) is 15.5 Å². The molecule has 0 saturated carbocycles. The molecule has 0 atom stereocenters. The van der Waals surface area contributed by atoms with Crippen LogP contribution >= 0.6 is 11.6 Å². The molecule has 0 radical (unpaired) electrons. The van der Waals surface area contributed by atoms with Crippen molar-refractivity contribution in [1.82, 2.24) is 9.62 Å². The minimum atomic E-state index is -3.64. The fourth-order valence-electron chi connectivity index (χ4n) is 3.20. The Kier molecular flexibility index (Phi) is 6.43. The van der Waals surface area contributed by atoms with Gasteiger partial charge in [0.15, 0.2) is 0 Å². The van der Waals surface area contributed by atoms with Crippen LogP contribution in [0.3, 0.4) is 0 Å². The number of aryl methyl sites for hydroxylation is 1. The zero-order valence-corrected chi connectivity index (χ0v) is 17.7. The Morgan fingerprint density at radius 1 is 1.14 bits per heavy atom. The second-order valence-electron chi connectivity index (χ2n) is 7.40. The third-order valence-electron chi connectivity index (χ3n) is 5.14. The molecule has 0 bridgehead atoms. The molecule has 2 aromatic rings. The zero-order chi connectivity index (χ0) is 20.3. The molecule has 0 aromatic heterocycles. The maximum atomic E-state index is 12.9. The van der Waals surface area contributed by atoms with Crippen LogP contribution in [0.4, 0.5) is 0 Å². The quantitative estimate of drug-likeness (QED) is 0.794. The monoisotopic (exact) mass is 420 g/mol. The minimum Gasteiger partial charge on any atom is -0.348 e. The molecule has 1 heterocycles. The van der Waals surface area contributed by atoms with Crippen molar-refractivity contribution in [3.05, 3.63) is 64.2 Å². The third kappa shape index (κ3) is 4.74. The highest BCUT2D eigenvalue weighted by atomic mass is 35.5. The summed E-state index contributed by atoms with van der Waals surface area (Å²) in [6, 6.07) is 12.1. The number of hydrogen-bond donors (Lipinski definition) is 1. The molecular weight excluding hydrogens is 396 g/mol. The number of piperidine rings is 1. The molecule has 2 aromatic carbocycles. The Morgan fingerprint density at radius 2 is 1.79 bits per heavy atom. The number of carbonyl (C=O) groups is 1. The number of benzene rings is 2. The van der Waals surface area contributed by atoms with Gasteiger partial charge in [-0.1, -0.05) is 48.4 Å². The molecule has 0 aliphatic carbocycles. The van der Waals surface area contributed by atoms with Gasteiger partial charge in [-0.2, -0.15) is 4.31 Å². The van der Waals surface area contributed by atoms with Crippen LogP contribution in [0, 0.1) is 12.8 Å². The lowest BCUT2D eigenvalue weighted by molar-refractivity contribution is 0.0951. The predicted molar refractivity (Wildman–Crippen MR) is 111 cm³/mol. The topological polar surface area (TPSA) is 66.5 Å². The van der Waals surface area contributed by atoms with Crippen molar-refractivity contribution in [3.63, 3.8) is 0 Å². The van der Waals surface area contributed by atoms with Crippen LogP contribution in [-0.4, -0.2) is 31.7 Å². The normalized spacial score (nSPS) is 16.1. The first-order chi connectivity index (χ1) is 13.3. The summed E-state index contributed by atoms with van der Waals surface area (Å²) in [5, 5.41) is 3.04. The summed E-state index contributed by atoms with van der Waals surface area (Å²) in [5.41, 5.74) is 2.27. The largest absolute Gasteiger partial charge is 0.348 e. The highest BCUT2D eigenvalue weighted by molar-refractivity contribution is 7.89. The van der Waals surface area contributed by atoms with E-state index in [9.17, 15) is 13.2 Å². The van der Waals surface area contributed by atoms with Crippen molar-refractivity contribution in [2.75, 3.05) is 13.1 Å². The van der Waals surface area contributed by atoms with Crippen LogP contribution in [0.5, 0.6) is 0 Å². The van der Waals surface area contributed by atoms with Crippen molar-refractivity contribution in [1.29, 1.82) is 0 Å². The molecule has 28 heavy (non-hydrogen) atoms. The summed E-state index contributed by atoms with van der Waals surface area (Å²) < 4.78 is 27.4. The summed E-state index contributed by atoms with van der Waals surface area (Å²) in [5.74, 6) is 0.134. The fourth-order valence-corrected chi connectivity index (χ4v) is 4.90. The van der Waals surface area contributed by atoms with Crippen LogP contribution in [0.2, 0.25) is 5.02 Å². The van der Waals surface area contributed by atoms with Crippen LogP contribution in [0.25, 0.3) is 0 Å². The molecule has 1 saturated heterocycles. The number of carbonyl (C=O) groups excluding carboxylic acids is 1. The standard InChI is InChI=1S/C21H25ClN2O3S/c1-15-3-5-17(6-4-15)14-23-21(25)19-13-18(7-8-20(19)22)28(26,27)24-11-9-16(2)10-12-24/h3-8,13,16H,9-12,14H2,1-2H3,(H,23,25). The number of sulfonamides is 1. The van der Waals surface area contributed by atoms with Gasteiger partial charge in [-0.05, 0) is 49.4 Å². The molecule has 3 rings (SSSR count). The number of nitrogens with zero attached hydrogens (tertiary/aromatic N) is 1. The lowest BCUT2D eigenvalue weighted by atomic mass is 10.0. The molecule has 0 unspecified atom stereocenters. The van der Waals surface area contributed by atoms with Gasteiger partial charge in [0.1, 0.15) is 0 Å². The highest BCUT2D eigenvalue weighted by Gasteiger charge is 2.29. The molecule has 1 amide bonds. The molecular formula is C21H25ClN2O3S. The number of nitrogens with one attached hydrogen (secondary N) is 1. The molecule has 150 valence electrons. The smallest absolute Gasteiger partial charge is 0.253 e. The third-order valence-corrected chi connectivity index (χ3v) is 7.36. The zero-order valence-electron chi connectivity index (χ0n) is 16.1. The van der Waals surface area contributed by atoms with E-state index >= 15 is 0 Å². The van der Waals surface area contributed by atoms with Crippen molar-refractivity contribution < 1.29 is 13.2 Å². The Labute approximate surface area is 171 Å². The predicted octanol–water partition coefficient (Wildman–Crippen LogP) is 4.00. The van der Waals surface area contributed by atoms with Crippen LogP contribution in [-0.2, 0) is 16.6 Å². The van der Waals surface area contributed by atoms with Gasteiger partial charge in [0.2, 0.25) is 10.0 Å². The maximum Gasteiger partial charge on any atom is 0.253 e. The van der Waals surface area contributed by atoms with Crippen molar-refractivity contribution in [3.8, 4) is 0 Å². The first-order valence-electron chi connectivity index (χ1n) is 9.41. The molecule has 5 nitrogen and oxygen atoms in total. The summed E-state index contributed by atoms with van der Waals surface area (Å²) in [6.07, 6.45) is 1.69. The van der Waals surface area contributed by atoms with E-state index < -0.39 is 15.9 Å². The average Bonchev–Trinajstić information content (AvgIpc) is 2.68. The van der Waals surface area contributed by atoms with Crippen LogP contribution in [0.1, 0.15) is 41.3 Å². The Morgan fingerprint density at radius 3 is 2.43 bits per heavy atom. The van der Waals surface area contributed by atoms with E-state index in [1.807, 2.05) is 31.2 Å². The van der Waals surface area contributed by atoms with Gasteiger partial charge in [-0.15, -0.1) is 0 Å². The molecule has 7 heteroatoms. The van der Waals surface area contributed by atoms with E-state index in [-0.39, 0.29) is 15.5 Å². The first-order valence-corrected chi connectivity index (χ1v) is 11.2. The molecule has 1 aliphatic heterocycles. The Hall–Kier alpha value is -1.89. The van der Waals surface area contributed by atoms with E-state index in [0.717, 1.165) is 24.0 Å². The Balaban J connectivity index is 1.76. The summed E-state index contributed by atoms with van der Waals surface area (Å²) in [6.45, 7) is 5.47. The molecule has 0 spiro atoms. The lowest BCUT2D eigenvalue weighted by Crippen LogP contribution is -2.38. The Bertz CT molecular complexity index is 950. The minimum absolute atomic E-state index is 0.104. The fraction of sp³-hybridized carbons (Fsp3) is 0.381. The van der Waals surface area contributed by atoms with Gasteiger partial charge in [0, 0.05) is 19.6 Å². The SMILES string of the molecule is Cc1ccc(CNC(=O)c2cc(S(=O)(=O)N3CCC(C)CC3)ccc2Cl)cc1. The van der Waals surface area contributed by atoms with Crippen molar-refractivity contribution in [2.24, 2.45) is 5.92 Å². The van der Waals surface area contributed by atoms with Crippen molar-refractivity contribution >= 4 is 27.5 Å². The van der Waals surface area contributed by atoms with Crippen molar-refractivity contribution in [2.45, 2.75) is 38.1 Å². The number of rotatable bonds is 5. The highest BCUT2D eigenvalue weighted by Crippen LogP contribution is 2.26. The second kappa shape index (κ2) is 8.64. The van der Waals surface area contributed by atoms with Crippen LogP contribution < -0.4 is 5.32 Å². The number of halogens is 1. The maximum absolute atomic E-state index is 12.9. The van der Waals surface area contributed by atoms with E-state index in [1.165, 1.54) is 22.5 Å². The van der Waals surface area contributed by atoms with Gasteiger partial charge in [0.25, 0.3) is 5.91 Å². The van der Waals surface area contributed by atoms with Gasteiger partial charge in [-0.3, -0.25) is 4.79 Å². The summed E-state index contributed by atoms with van der Waals surface area (Å²) in [7, 11) is -3.64.